The number of carbonyl (C=O) groups is 2. The third-order valence-electron chi connectivity index (χ3n) is 9.00. The highest BCUT2D eigenvalue weighted by molar-refractivity contribution is 5.95. The van der Waals surface area contributed by atoms with E-state index in [0.29, 0.717) is 35.9 Å². The summed E-state index contributed by atoms with van der Waals surface area (Å²) in [5, 5.41) is 21.8. The number of phenols is 2. The van der Waals surface area contributed by atoms with Crippen LogP contribution in [-0.4, -0.2) is 28.9 Å². The van der Waals surface area contributed by atoms with E-state index < -0.39 is 5.75 Å². The normalized spacial score (nSPS) is 33.0. The first-order valence-corrected chi connectivity index (χ1v) is 12.4. The van der Waals surface area contributed by atoms with Gasteiger partial charge in [-0.3, -0.25) is 9.59 Å². The Morgan fingerprint density at radius 1 is 1.09 bits per heavy atom. The third-order valence-corrected chi connectivity index (χ3v) is 9.00. The molecule has 5 nitrogen and oxygen atoms in total. The Balaban J connectivity index is 2.00. The highest BCUT2D eigenvalue weighted by Gasteiger charge is 2.64. The topological polar surface area (TPSA) is 83.8 Å². The Bertz CT molecular complexity index is 1010. The van der Waals surface area contributed by atoms with Gasteiger partial charge in [0.1, 0.15) is 23.4 Å². The molecule has 2 N–H and O–H groups in total. The van der Waals surface area contributed by atoms with Gasteiger partial charge in [0.05, 0.1) is 11.1 Å². The van der Waals surface area contributed by atoms with Gasteiger partial charge >= 0.3 is 0 Å². The quantitative estimate of drug-likeness (QED) is 0.397. The second kappa shape index (κ2) is 8.18. The van der Waals surface area contributed by atoms with Gasteiger partial charge in [0.15, 0.2) is 12.6 Å². The number of ether oxygens (including phenoxy) is 1. The second-order valence-electron chi connectivity index (χ2n) is 11.6. The van der Waals surface area contributed by atoms with Crippen LogP contribution in [0.3, 0.4) is 0 Å². The Labute approximate surface area is 197 Å². The van der Waals surface area contributed by atoms with Gasteiger partial charge < -0.3 is 14.9 Å². The summed E-state index contributed by atoms with van der Waals surface area (Å²) in [6.45, 7) is 13.3. The van der Waals surface area contributed by atoms with Crippen molar-refractivity contribution in [3.8, 4) is 17.2 Å². The number of allylic oxidation sites excluding steroid dienone is 1. The van der Waals surface area contributed by atoms with Crippen molar-refractivity contribution in [2.75, 3.05) is 0 Å². The molecule has 33 heavy (non-hydrogen) atoms. The molecule has 0 bridgehead atoms. The van der Waals surface area contributed by atoms with Crippen molar-refractivity contribution >= 4 is 12.6 Å². The fourth-order valence-corrected chi connectivity index (χ4v) is 7.02. The zero-order chi connectivity index (χ0) is 24.3. The maximum Gasteiger partial charge on any atom is 0.157 e. The third kappa shape index (κ3) is 3.33. The van der Waals surface area contributed by atoms with E-state index in [1.165, 1.54) is 5.57 Å². The van der Waals surface area contributed by atoms with Gasteiger partial charge in [0.25, 0.3) is 0 Å². The van der Waals surface area contributed by atoms with E-state index in [9.17, 15) is 19.8 Å². The number of hydrogen-bond acceptors (Lipinski definition) is 5. The molecule has 0 radical (unpaired) electrons. The van der Waals surface area contributed by atoms with Crippen molar-refractivity contribution in [3.05, 3.63) is 28.3 Å². The number of hydrogen-bond donors (Lipinski definition) is 2. The molecule has 0 aromatic heterocycles. The standard InChI is InChI=1S/C28H38O5/c1-15(2)11-21-22-24(32)19(13-29)23(31)20(14-30)25(22)33-26-27(21,6)9-10-28(26)12-18(16(3)4)8-7-17(28)5/h12-17,21,26,31-32H,7-11H2,1-6H3/t17?,21-,26+,27-,28-/m0/s1. The monoisotopic (exact) mass is 454 g/mol. The van der Waals surface area contributed by atoms with Gasteiger partial charge in [-0.1, -0.05) is 53.2 Å². The van der Waals surface area contributed by atoms with Crippen molar-refractivity contribution in [3.63, 3.8) is 0 Å². The lowest BCUT2D eigenvalue weighted by Crippen LogP contribution is -2.51. The van der Waals surface area contributed by atoms with E-state index in [1.54, 1.807) is 0 Å². The smallest absolute Gasteiger partial charge is 0.157 e. The molecule has 1 fully saturated rings. The highest BCUT2D eigenvalue weighted by atomic mass is 16.5. The van der Waals surface area contributed by atoms with Crippen molar-refractivity contribution in [1.82, 2.24) is 0 Å². The molecule has 4 rings (SSSR count). The molecular formula is C28H38O5. The molecule has 1 aliphatic heterocycles. The second-order valence-corrected chi connectivity index (χ2v) is 11.6. The van der Waals surface area contributed by atoms with Crippen LogP contribution in [0.15, 0.2) is 11.6 Å². The molecule has 1 unspecified atom stereocenters. The molecule has 1 aromatic rings. The average molecular weight is 455 g/mol. The first-order chi connectivity index (χ1) is 15.5. The summed E-state index contributed by atoms with van der Waals surface area (Å²) in [5.41, 5.74) is 1.29. The molecule has 0 saturated heterocycles. The van der Waals surface area contributed by atoms with Crippen LogP contribution in [0.4, 0.5) is 0 Å². The van der Waals surface area contributed by atoms with Crippen molar-refractivity contribution in [1.29, 1.82) is 0 Å². The summed E-state index contributed by atoms with van der Waals surface area (Å²) in [5.74, 6) is 0.662. The van der Waals surface area contributed by atoms with E-state index in [4.69, 9.17) is 4.74 Å². The average Bonchev–Trinajstić information content (AvgIpc) is 3.04. The van der Waals surface area contributed by atoms with Gasteiger partial charge in [0, 0.05) is 22.3 Å². The van der Waals surface area contributed by atoms with E-state index in [1.807, 2.05) is 0 Å². The zero-order valence-electron chi connectivity index (χ0n) is 20.8. The van der Waals surface area contributed by atoms with Crippen LogP contribution in [0.2, 0.25) is 0 Å². The van der Waals surface area contributed by atoms with Crippen LogP contribution >= 0.6 is 0 Å². The van der Waals surface area contributed by atoms with Crippen molar-refractivity contribution in [2.24, 2.45) is 28.6 Å². The number of benzene rings is 1. The number of fused-ring (bicyclic) bond motifs is 3. The molecule has 1 saturated carbocycles. The molecule has 180 valence electrons. The Morgan fingerprint density at radius 3 is 2.33 bits per heavy atom. The van der Waals surface area contributed by atoms with Gasteiger partial charge in [-0.25, -0.2) is 0 Å². The number of aromatic hydroxyl groups is 2. The summed E-state index contributed by atoms with van der Waals surface area (Å²) in [4.78, 5) is 23.8. The minimum absolute atomic E-state index is 0.0284. The molecule has 2 aliphatic carbocycles. The van der Waals surface area contributed by atoms with Crippen LogP contribution in [0, 0.1) is 28.6 Å². The first kappa shape index (κ1) is 23.8. The van der Waals surface area contributed by atoms with Gasteiger partial charge in [0.2, 0.25) is 0 Å². The van der Waals surface area contributed by atoms with Gasteiger partial charge in [-0.05, 0) is 49.9 Å². The Hall–Kier alpha value is -2.30. The van der Waals surface area contributed by atoms with E-state index in [2.05, 4.69) is 47.6 Å². The van der Waals surface area contributed by atoms with E-state index >= 15 is 0 Å². The SMILES string of the molecule is CC(C)C[C@H]1c2c(O)c(C=O)c(O)c(C=O)c2O[C@@H]2[C@@]1(C)CC[C@@]21C=C(C(C)C)CCC1C. The maximum absolute atomic E-state index is 12.1. The zero-order valence-corrected chi connectivity index (χ0v) is 20.8. The summed E-state index contributed by atoms with van der Waals surface area (Å²) < 4.78 is 6.73. The van der Waals surface area contributed by atoms with Crippen molar-refractivity contribution < 1.29 is 24.5 Å². The lowest BCUT2D eigenvalue weighted by molar-refractivity contribution is -0.0359. The molecule has 3 aliphatic rings. The molecule has 5 atom stereocenters. The predicted octanol–water partition coefficient (Wildman–Crippen LogP) is 6.41. The van der Waals surface area contributed by atoms with E-state index in [-0.39, 0.29) is 45.5 Å². The molecule has 1 aromatic carbocycles. The maximum atomic E-state index is 12.1. The van der Waals surface area contributed by atoms with Crippen LogP contribution in [0.5, 0.6) is 17.2 Å². The van der Waals surface area contributed by atoms with E-state index in [0.717, 1.165) is 32.1 Å². The van der Waals surface area contributed by atoms with Crippen LogP contribution in [-0.2, 0) is 0 Å². The lowest BCUT2D eigenvalue weighted by atomic mass is 9.59. The minimum atomic E-state index is -0.495. The predicted molar refractivity (Wildman–Crippen MR) is 128 cm³/mol. The number of carbonyl (C=O) groups excluding carboxylic acids is 2. The van der Waals surface area contributed by atoms with Crippen molar-refractivity contribution in [2.45, 2.75) is 85.7 Å². The minimum Gasteiger partial charge on any atom is -0.507 e. The molecule has 1 heterocycles. The van der Waals surface area contributed by atoms with Crippen LogP contribution < -0.4 is 4.74 Å². The molecular weight excluding hydrogens is 416 g/mol. The number of aldehydes is 2. The van der Waals surface area contributed by atoms with Crippen LogP contribution in [0.25, 0.3) is 0 Å². The fraction of sp³-hybridized carbons (Fsp3) is 0.643. The Kier molecular flexibility index (Phi) is 5.91. The molecule has 0 amide bonds. The fourth-order valence-electron chi connectivity index (χ4n) is 7.02. The number of phenolic OH excluding ortho intramolecular Hbond substituents is 2. The summed E-state index contributed by atoms with van der Waals surface area (Å²) in [6, 6.07) is 0. The summed E-state index contributed by atoms with van der Waals surface area (Å²) in [7, 11) is 0. The first-order valence-electron chi connectivity index (χ1n) is 12.4. The lowest BCUT2D eigenvalue weighted by Gasteiger charge is -2.52. The number of rotatable bonds is 5. The molecule has 1 spiro atoms. The largest absolute Gasteiger partial charge is 0.507 e. The van der Waals surface area contributed by atoms with Crippen LogP contribution in [0.1, 0.15) is 106 Å². The summed E-state index contributed by atoms with van der Waals surface area (Å²) >= 11 is 0. The highest BCUT2D eigenvalue weighted by Crippen LogP contribution is 2.68. The molecule has 5 heteroatoms. The van der Waals surface area contributed by atoms with Gasteiger partial charge in [-0.15, -0.1) is 0 Å². The Morgan fingerprint density at radius 2 is 1.76 bits per heavy atom. The summed E-state index contributed by atoms with van der Waals surface area (Å²) in [6.07, 6.45) is 8.19. The van der Waals surface area contributed by atoms with Gasteiger partial charge in [-0.2, -0.15) is 0 Å².